The lowest BCUT2D eigenvalue weighted by molar-refractivity contribution is -0.903. The van der Waals surface area contributed by atoms with Crippen molar-refractivity contribution in [2.75, 3.05) is 51.3 Å². The molecule has 0 saturated carbocycles. The van der Waals surface area contributed by atoms with Gasteiger partial charge >= 0.3 is 0 Å². The van der Waals surface area contributed by atoms with Crippen LogP contribution in [-0.2, 0) is 0 Å². The summed E-state index contributed by atoms with van der Waals surface area (Å²) in [7, 11) is 1.68. The fourth-order valence-corrected chi connectivity index (χ4v) is 3.32. The summed E-state index contributed by atoms with van der Waals surface area (Å²) in [6.45, 7) is 4.96. The molecule has 2 N–H and O–H groups in total. The molecule has 3 rings (SSSR count). The van der Waals surface area contributed by atoms with Gasteiger partial charge in [0.15, 0.2) is 0 Å². The van der Waals surface area contributed by atoms with Gasteiger partial charge in [-0.3, -0.25) is 0 Å². The van der Waals surface area contributed by atoms with Gasteiger partial charge in [-0.2, -0.15) is 0 Å². The third-order valence-electron chi connectivity index (χ3n) is 4.69. The minimum absolute atomic E-state index is 0.299. The standard InChI is InChI=1S/C20H25ClN2O3/c1-25-19-8-4-17(5-9-19)23-12-10-22(11-13-23)14-18(24)15-26-20-6-2-16(21)3-7-20/h2-9,18,24H,10-15H2,1H3/p+1/t18-/m1/s1. The SMILES string of the molecule is COc1ccc(N2CC[NH+](C[C@@H](O)COc3ccc(Cl)cc3)CC2)cc1. The van der Waals surface area contributed by atoms with E-state index in [-0.39, 0.29) is 0 Å². The molecule has 2 aromatic rings. The topological polar surface area (TPSA) is 46.4 Å². The van der Waals surface area contributed by atoms with Gasteiger partial charge < -0.3 is 24.4 Å². The molecule has 0 amide bonds. The predicted molar refractivity (Wildman–Crippen MR) is 104 cm³/mol. The first-order chi connectivity index (χ1) is 12.6. The second-order valence-electron chi connectivity index (χ2n) is 6.56. The number of piperazine rings is 1. The van der Waals surface area contributed by atoms with Gasteiger partial charge in [-0.15, -0.1) is 0 Å². The van der Waals surface area contributed by atoms with Crippen molar-refractivity contribution < 1.29 is 19.5 Å². The third kappa shape index (κ3) is 5.27. The Morgan fingerprint density at radius 3 is 2.27 bits per heavy atom. The molecule has 0 radical (unpaired) electrons. The fourth-order valence-electron chi connectivity index (χ4n) is 3.19. The zero-order chi connectivity index (χ0) is 18.4. The van der Waals surface area contributed by atoms with Crippen LogP contribution in [0.15, 0.2) is 48.5 Å². The van der Waals surface area contributed by atoms with Gasteiger partial charge in [0, 0.05) is 10.7 Å². The van der Waals surface area contributed by atoms with E-state index in [1.165, 1.54) is 10.6 Å². The number of nitrogens with zero attached hydrogens (tertiary/aromatic N) is 1. The Morgan fingerprint density at radius 1 is 1.04 bits per heavy atom. The zero-order valence-corrected chi connectivity index (χ0v) is 15.8. The minimum Gasteiger partial charge on any atom is -0.497 e. The van der Waals surface area contributed by atoms with Crippen molar-refractivity contribution in [1.29, 1.82) is 0 Å². The Bertz CT molecular complexity index is 670. The molecule has 0 unspecified atom stereocenters. The second-order valence-corrected chi connectivity index (χ2v) is 6.99. The number of hydrogen-bond donors (Lipinski definition) is 2. The first kappa shape index (κ1) is 18.8. The summed E-state index contributed by atoms with van der Waals surface area (Å²) in [6.07, 6.45) is -0.479. The highest BCUT2D eigenvalue weighted by molar-refractivity contribution is 6.30. The lowest BCUT2D eigenvalue weighted by Gasteiger charge is -2.34. The van der Waals surface area contributed by atoms with E-state index in [4.69, 9.17) is 21.1 Å². The zero-order valence-electron chi connectivity index (χ0n) is 15.0. The fraction of sp³-hybridized carbons (Fsp3) is 0.400. The van der Waals surface area contributed by atoms with Crippen LogP contribution in [0.25, 0.3) is 0 Å². The maximum atomic E-state index is 10.3. The Morgan fingerprint density at radius 2 is 1.65 bits per heavy atom. The van der Waals surface area contributed by atoms with E-state index in [2.05, 4.69) is 17.0 Å². The number of hydrogen-bond acceptors (Lipinski definition) is 4. The van der Waals surface area contributed by atoms with E-state index >= 15 is 0 Å². The number of quaternary nitrogens is 1. The van der Waals surface area contributed by atoms with E-state index in [9.17, 15) is 5.11 Å². The molecule has 1 aliphatic heterocycles. The lowest BCUT2D eigenvalue weighted by atomic mass is 10.2. The maximum absolute atomic E-state index is 10.3. The maximum Gasteiger partial charge on any atom is 0.137 e. The van der Waals surface area contributed by atoms with Gasteiger partial charge in [0.1, 0.15) is 30.8 Å². The number of aliphatic hydroxyl groups is 1. The smallest absolute Gasteiger partial charge is 0.137 e. The molecular formula is C20H26ClN2O3+. The Hall–Kier alpha value is -1.95. The van der Waals surface area contributed by atoms with Crippen LogP contribution in [0.5, 0.6) is 11.5 Å². The molecule has 140 valence electrons. The molecule has 1 fully saturated rings. The Balaban J connectivity index is 1.40. The van der Waals surface area contributed by atoms with Crippen molar-refractivity contribution in [2.45, 2.75) is 6.10 Å². The number of anilines is 1. The van der Waals surface area contributed by atoms with Crippen molar-refractivity contribution in [3.05, 3.63) is 53.6 Å². The van der Waals surface area contributed by atoms with Gasteiger partial charge in [-0.25, -0.2) is 0 Å². The van der Waals surface area contributed by atoms with Crippen LogP contribution in [-0.4, -0.2) is 57.7 Å². The van der Waals surface area contributed by atoms with E-state index in [0.717, 1.165) is 37.7 Å². The quantitative estimate of drug-likeness (QED) is 0.767. The molecule has 26 heavy (non-hydrogen) atoms. The van der Waals surface area contributed by atoms with Crippen LogP contribution in [0.4, 0.5) is 5.69 Å². The largest absolute Gasteiger partial charge is 0.497 e. The number of rotatable bonds is 7. The van der Waals surface area contributed by atoms with E-state index in [1.807, 2.05) is 24.3 Å². The molecule has 5 nitrogen and oxygen atoms in total. The summed E-state index contributed by atoms with van der Waals surface area (Å²) < 4.78 is 10.8. The average Bonchev–Trinajstić information content (AvgIpc) is 2.68. The number of aliphatic hydroxyl groups excluding tert-OH is 1. The summed E-state index contributed by atoms with van der Waals surface area (Å²) in [6, 6.07) is 15.4. The molecule has 0 bridgehead atoms. The molecule has 1 atom stereocenters. The van der Waals surface area contributed by atoms with Crippen LogP contribution in [0, 0.1) is 0 Å². The van der Waals surface area contributed by atoms with Crippen molar-refractivity contribution in [3.8, 4) is 11.5 Å². The number of nitrogens with one attached hydrogen (secondary N) is 1. The second kappa shape index (κ2) is 9.12. The van der Waals surface area contributed by atoms with Gasteiger partial charge in [-0.05, 0) is 48.5 Å². The predicted octanol–water partition coefficient (Wildman–Crippen LogP) is 1.49. The number of benzene rings is 2. The number of halogens is 1. The monoisotopic (exact) mass is 377 g/mol. The molecule has 0 aliphatic carbocycles. The molecule has 1 heterocycles. The van der Waals surface area contributed by atoms with Gasteiger partial charge in [0.25, 0.3) is 0 Å². The normalized spacial score (nSPS) is 16.3. The van der Waals surface area contributed by atoms with Crippen molar-refractivity contribution in [2.24, 2.45) is 0 Å². The van der Waals surface area contributed by atoms with Crippen LogP contribution in [0.2, 0.25) is 5.02 Å². The molecule has 2 aromatic carbocycles. The molecule has 0 spiro atoms. The highest BCUT2D eigenvalue weighted by Gasteiger charge is 2.22. The number of methoxy groups -OCH3 is 1. The van der Waals surface area contributed by atoms with Crippen molar-refractivity contribution in [1.82, 2.24) is 0 Å². The summed E-state index contributed by atoms with van der Waals surface area (Å²) >= 11 is 5.86. The van der Waals surface area contributed by atoms with E-state index < -0.39 is 6.10 Å². The van der Waals surface area contributed by atoms with Crippen LogP contribution < -0.4 is 19.3 Å². The minimum atomic E-state index is -0.479. The molecule has 1 saturated heterocycles. The molecule has 1 aliphatic rings. The van der Waals surface area contributed by atoms with E-state index in [1.54, 1.807) is 19.2 Å². The van der Waals surface area contributed by atoms with E-state index in [0.29, 0.717) is 18.2 Å². The summed E-state index contributed by atoms with van der Waals surface area (Å²) in [4.78, 5) is 3.78. The van der Waals surface area contributed by atoms with Crippen LogP contribution in [0.1, 0.15) is 0 Å². The summed E-state index contributed by atoms with van der Waals surface area (Å²) in [5, 5.41) is 10.9. The van der Waals surface area contributed by atoms with Gasteiger partial charge in [-0.1, -0.05) is 11.6 Å². The van der Waals surface area contributed by atoms with Crippen molar-refractivity contribution in [3.63, 3.8) is 0 Å². The highest BCUT2D eigenvalue weighted by Crippen LogP contribution is 2.19. The Labute approximate surface area is 159 Å². The summed E-state index contributed by atoms with van der Waals surface area (Å²) in [5.74, 6) is 1.61. The lowest BCUT2D eigenvalue weighted by Crippen LogP contribution is -3.16. The van der Waals surface area contributed by atoms with Gasteiger partial charge in [0.05, 0.1) is 33.3 Å². The van der Waals surface area contributed by atoms with Crippen LogP contribution >= 0.6 is 11.6 Å². The molecular weight excluding hydrogens is 352 g/mol. The first-order valence-electron chi connectivity index (χ1n) is 8.93. The highest BCUT2D eigenvalue weighted by atomic mass is 35.5. The van der Waals surface area contributed by atoms with Crippen molar-refractivity contribution >= 4 is 17.3 Å². The first-order valence-corrected chi connectivity index (χ1v) is 9.31. The third-order valence-corrected chi connectivity index (χ3v) is 4.94. The molecule has 0 aromatic heterocycles. The summed E-state index contributed by atoms with van der Waals surface area (Å²) in [5.41, 5.74) is 1.22. The molecule has 6 heteroatoms. The number of ether oxygens (including phenoxy) is 2. The Kier molecular flexibility index (Phi) is 6.61. The van der Waals surface area contributed by atoms with Crippen LogP contribution in [0.3, 0.4) is 0 Å². The van der Waals surface area contributed by atoms with Gasteiger partial charge in [0.2, 0.25) is 0 Å². The average molecular weight is 378 g/mol.